The number of halogens is 2. The van der Waals surface area contributed by atoms with Crippen LogP contribution in [0.2, 0.25) is 0 Å². The second kappa shape index (κ2) is 10.3. The standard InChI is InChI=1S/C20H28F2N4O3/c21-18(22)29-17-8-6-15(7-9-17)25-20(28)26-12-10-16(11-13-26)24-19(27)23-14-4-2-1-3-5-14/h6-9,14,16,18H,1-5,10-13H2,(H,25,28)(H2,23,24,27). The molecule has 0 unspecified atom stereocenters. The molecule has 160 valence electrons. The molecule has 3 rings (SSSR count). The Morgan fingerprint density at radius 3 is 2.10 bits per heavy atom. The highest BCUT2D eigenvalue weighted by molar-refractivity contribution is 5.89. The number of piperidine rings is 1. The van der Waals surface area contributed by atoms with Gasteiger partial charge in [0, 0.05) is 30.9 Å². The van der Waals surface area contributed by atoms with E-state index in [1.54, 1.807) is 4.90 Å². The monoisotopic (exact) mass is 410 g/mol. The summed E-state index contributed by atoms with van der Waals surface area (Å²) in [7, 11) is 0. The molecule has 29 heavy (non-hydrogen) atoms. The lowest BCUT2D eigenvalue weighted by molar-refractivity contribution is -0.0498. The summed E-state index contributed by atoms with van der Waals surface area (Å²) in [6, 6.07) is 5.73. The minimum atomic E-state index is -2.88. The lowest BCUT2D eigenvalue weighted by Crippen LogP contribution is -2.51. The van der Waals surface area contributed by atoms with Crippen LogP contribution in [0, 0.1) is 0 Å². The summed E-state index contributed by atoms with van der Waals surface area (Å²) in [4.78, 5) is 26.2. The van der Waals surface area contributed by atoms with Crippen LogP contribution in [0.3, 0.4) is 0 Å². The topological polar surface area (TPSA) is 82.7 Å². The first kappa shape index (κ1) is 21.1. The molecule has 1 aromatic rings. The molecule has 1 aromatic carbocycles. The first-order chi connectivity index (χ1) is 14.0. The Hall–Kier alpha value is -2.58. The number of anilines is 1. The quantitative estimate of drug-likeness (QED) is 0.688. The zero-order chi connectivity index (χ0) is 20.6. The fourth-order valence-corrected chi connectivity index (χ4v) is 3.81. The molecular weight excluding hydrogens is 382 g/mol. The lowest BCUT2D eigenvalue weighted by Gasteiger charge is -2.33. The third kappa shape index (κ3) is 6.76. The van der Waals surface area contributed by atoms with Crippen LogP contribution in [0.4, 0.5) is 24.1 Å². The summed E-state index contributed by atoms with van der Waals surface area (Å²) in [6.45, 7) is -1.81. The average Bonchev–Trinajstić information content (AvgIpc) is 2.70. The SMILES string of the molecule is O=C(NC1CCCCC1)NC1CCN(C(=O)Nc2ccc(OC(F)F)cc2)CC1. The van der Waals surface area contributed by atoms with Crippen LogP contribution in [-0.2, 0) is 0 Å². The highest BCUT2D eigenvalue weighted by Gasteiger charge is 2.25. The van der Waals surface area contributed by atoms with Crippen LogP contribution in [0.1, 0.15) is 44.9 Å². The van der Waals surface area contributed by atoms with Gasteiger partial charge < -0.3 is 25.6 Å². The Morgan fingerprint density at radius 2 is 1.52 bits per heavy atom. The van der Waals surface area contributed by atoms with Crippen molar-refractivity contribution in [3.05, 3.63) is 24.3 Å². The summed E-state index contributed by atoms with van der Waals surface area (Å²) in [5.41, 5.74) is 0.503. The maximum atomic E-state index is 12.4. The van der Waals surface area contributed by atoms with E-state index in [2.05, 4.69) is 20.7 Å². The fraction of sp³-hybridized carbons (Fsp3) is 0.600. The van der Waals surface area contributed by atoms with E-state index in [0.29, 0.717) is 31.6 Å². The predicted octanol–water partition coefficient (Wildman–Crippen LogP) is 3.92. The van der Waals surface area contributed by atoms with Gasteiger partial charge in [0.2, 0.25) is 0 Å². The number of amides is 4. The van der Waals surface area contributed by atoms with Crippen molar-refractivity contribution >= 4 is 17.7 Å². The molecule has 2 aliphatic rings. The molecule has 1 aliphatic carbocycles. The number of urea groups is 2. The Kier molecular flexibility index (Phi) is 7.48. The molecule has 1 aliphatic heterocycles. The lowest BCUT2D eigenvalue weighted by atomic mass is 9.96. The number of rotatable bonds is 5. The number of alkyl halides is 2. The van der Waals surface area contributed by atoms with Crippen molar-refractivity contribution in [3.63, 3.8) is 0 Å². The molecule has 3 N–H and O–H groups in total. The van der Waals surface area contributed by atoms with Crippen LogP contribution >= 0.6 is 0 Å². The smallest absolute Gasteiger partial charge is 0.387 e. The maximum Gasteiger partial charge on any atom is 0.387 e. The number of nitrogens with one attached hydrogen (secondary N) is 3. The number of ether oxygens (including phenoxy) is 1. The van der Waals surface area contributed by atoms with E-state index in [9.17, 15) is 18.4 Å². The normalized spacial score (nSPS) is 18.4. The Balaban J connectivity index is 1.38. The van der Waals surface area contributed by atoms with Gasteiger partial charge in [-0.05, 0) is 49.9 Å². The largest absolute Gasteiger partial charge is 0.435 e. The molecule has 2 fully saturated rings. The van der Waals surface area contributed by atoms with Gasteiger partial charge in [0.05, 0.1) is 0 Å². The van der Waals surface area contributed by atoms with E-state index in [4.69, 9.17) is 0 Å². The second-order valence-electron chi connectivity index (χ2n) is 7.55. The van der Waals surface area contributed by atoms with E-state index in [1.165, 1.54) is 43.5 Å². The van der Waals surface area contributed by atoms with Crippen LogP contribution in [0.25, 0.3) is 0 Å². The minimum Gasteiger partial charge on any atom is -0.435 e. The average molecular weight is 410 g/mol. The molecule has 9 heteroatoms. The summed E-state index contributed by atoms with van der Waals surface area (Å²) >= 11 is 0. The number of hydrogen-bond donors (Lipinski definition) is 3. The van der Waals surface area contributed by atoms with Crippen molar-refractivity contribution in [2.24, 2.45) is 0 Å². The van der Waals surface area contributed by atoms with Crippen molar-refractivity contribution in [1.29, 1.82) is 0 Å². The second-order valence-corrected chi connectivity index (χ2v) is 7.55. The number of benzene rings is 1. The third-order valence-corrected chi connectivity index (χ3v) is 5.39. The number of hydrogen-bond acceptors (Lipinski definition) is 3. The molecule has 0 radical (unpaired) electrons. The van der Waals surface area contributed by atoms with Gasteiger partial charge >= 0.3 is 18.7 Å². The molecule has 4 amide bonds. The van der Waals surface area contributed by atoms with Gasteiger partial charge in [-0.3, -0.25) is 0 Å². The highest BCUT2D eigenvalue weighted by atomic mass is 19.3. The van der Waals surface area contributed by atoms with Crippen molar-refractivity contribution in [3.8, 4) is 5.75 Å². The van der Waals surface area contributed by atoms with Gasteiger partial charge in [0.25, 0.3) is 0 Å². The zero-order valence-corrected chi connectivity index (χ0v) is 16.3. The summed E-state index contributed by atoms with van der Waals surface area (Å²) in [6.07, 6.45) is 7.04. The first-order valence-corrected chi connectivity index (χ1v) is 10.2. The summed E-state index contributed by atoms with van der Waals surface area (Å²) in [5, 5.41) is 8.81. The van der Waals surface area contributed by atoms with Gasteiger partial charge in [0.1, 0.15) is 5.75 Å². The fourth-order valence-electron chi connectivity index (χ4n) is 3.81. The van der Waals surface area contributed by atoms with E-state index in [0.717, 1.165) is 12.8 Å². The van der Waals surface area contributed by atoms with E-state index in [1.807, 2.05) is 0 Å². The minimum absolute atomic E-state index is 0.0383. The number of carbonyl (C=O) groups is 2. The Bertz CT molecular complexity index is 673. The predicted molar refractivity (Wildman–Crippen MR) is 105 cm³/mol. The number of likely N-dealkylation sites (tertiary alicyclic amines) is 1. The van der Waals surface area contributed by atoms with Gasteiger partial charge in [-0.15, -0.1) is 0 Å². The molecule has 1 heterocycles. The first-order valence-electron chi connectivity index (χ1n) is 10.2. The van der Waals surface area contributed by atoms with Gasteiger partial charge in [-0.1, -0.05) is 19.3 Å². The zero-order valence-electron chi connectivity index (χ0n) is 16.3. The number of nitrogens with zero attached hydrogens (tertiary/aromatic N) is 1. The molecule has 1 saturated heterocycles. The molecule has 7 nitrogen and oxygen atoms in total. The van der Waals surface area contributed by atoms with Crippen molar-refractivity contribution in [2.45, 2.75) is 63.6 Å². The van der Waals surface area contributed by atoms with Gasteiger partial charge in [-0.2, -0.15) is 8.78 Å². The van der Waals surface area contributed by atoms with Crippen molar-refractivity contribution in [1.82, 2.24) is 15.5 Å². The molecular formula is C20H28F2N4O3. The van der Waals surface area contributed by atoms with Crippen LogP contribution in [0.5, 0.6) is 5.75 Å². The molecule has 1 saturated carbocycles. The summed E-state index contributed by atoms with van der Waals surface area (Å²) < 4.78 is 28.6. The number of carbonyl (C=O) groups excluding carboxylic acids is 2. The molecule has 0 aromatic heterocycles. The van der Waals surface area contributed by atoms with Gasteiger partial charge in [0.15, 0.2) is 0 Å². The van der Waals surface area contributed by atoms with Crippen molar-refractivity contribution < 1.29 is 23.1 Å². The van der Waals surface area contributed by atoms with Gasteiger partial charge in [-0.25, -0.2) is 9.59 Å². The van der Waals surface area contributed by atoms with Crippen molar-refractivity contribution in [2.75, 3.05) is 18.4 Å². The molecule has 0 bridgehead atoms. The Morgan fingerprint density at radius 1 is 0.931 bits per heavy atom. The summed E-state index contributed by atoms with van der Waals surface area (Å²) in [5.74, 6) is 0.0383. The van der Waals surface area contributed by atoms with Crippen LogP contribution < -0.4 is 20.7 Å². The highest BCUT2D eigenvalue weighted by Crippen LogP contribution is 2.19. The van der Waals surface area contributed by atoms with E-state index in [-0.39, 0.29) is 29.9 Å². The maximum absolute atomic E-state index is 12.4. The molecule has 0 spiro atoms. The molecule has 0 atom stereocenters. The van der Waals surface area contributed by atoms with Crippen LogP contribution in [-0.4, -0.2) is 48.7 Å². The van der Waals surface area contributed by atoms with Crippen LogP contribution in [0.15, 0.2) is 24.3 Å². The Labute approximate surface area is 169 Å². The van der Waals surface area contributed by atoms with E-state index < -0.39 is 6.61 Å². The van der Waals surface area contributed by atoms with E-state index >= 15 is 0 Å². The third-order valence-electron chi connectivity index (χ3n) is 5.39.